The highest BCUT2D eigenvalue weighted by molar-refractivity contribution is 5.81. The Morgan fingerprint density at radius 3 is 2.27 bits per heavy atom. The Bertz CT molecular complexity index is 250. The Kier molecular flexibility index (Phi) is 3.20. The highest BCUT2D eigenvalue weighted by Crippen LogP contribution is 2.29. The predicted octanol–water partition coefficient (Wildman–Crippen LogP) is 2.20. The third-order valence-electron chi connectivity index (χ3n) is 2.25. The zero-order chi connectivity index (χ0) is 11.7. The van der Waals surface area contributed by atoms with E-state index in [2.05, 4.69) is 0 Å². The Hall–Kier alpha value is -0.880. The number of halogens is 5. The maximum atomic E-state index is 12.8. The van der Waals surface area contributed by atoms with E-state index in [1.54, 1.807) is 0 Å². The molecule has 2 nitrogen and oxygen atoms in total. The van der Waals surface area contributed by atoms with E-state index in [9.17, 15) is 26.7 Å². The number of hydrogen-bond acceptors (Lipinski definition) is 1. The molecule has 15 heavy (non-hydrogen) atoms. The summed E-state index contributed by atoms with van der Waals surface area (Å²) in [4.78, 5) is 11.2. The van der Waals surface area contributed by atoms with Crippen molar-refractivity contribution in [3.63, 3.8) is 0 Å². The van der Waals surface area contributed by atoms with Crippen molar-refractivity contribution in [3.05, 3.63) is 0 Å². The van der Waals surface area contributed by atoms with Crippen molar-refractivity contribution in [1.29, 1.82) is 0 Å². The molecule has 0 aromatic heterocycles. The van der Waals surface area contributed by atoms with Gasteiger partial charge in [0, 0.05) is 25.9 Å². The summed E-state index contributed by atoms with van der Waals surface area (Å²) in [6, 6.07) is 0. The first-order valence-electron chi connectivity index (χ1n) is 4.46. The van der Waals surface area contributed by atoms with Crippen LogP contribution < -0.4 is 0 Å². The fraction of sp³-hybridized carbons (Fsp3) is 0.875. The second-order valence-electron chi connectivity index (χ2n) is 3.50. The van der Waals surface area contributed by atoms with Crippen LogP contribution in [0.25, 0.3) is 0 Å². The van der Waals surface area contributed by atoms with Crippen molar-refractivity contribution < 1.29 is 26.7 Å². The molecule has 1 fully saturated rings. The van der Waals surface area contributed by atoms with Crippen LogP contribution in [0.4, 0.5) is 22.0 Å². The molecule has 88 valence electrons. The van der Waals surface area contributed by atoms with Gasteiger partial charge in [0.05, 0.1) is 0 Å². The molecular formula is C8H10F5NO. The van der Waals surface area contributed by atoms with Gasteiger partial charge in [0.15, 0.2) is 0 Å². The third-order valence-corrected chi connectivity index (χ3v) is 2.25. The Labute approximate surface area is 83.0 Å². The predicted molar refractivity (Wildman–Crippen MR) is 41.4 cm³/mol. The van der Waals surface area contributed by atoms with Crippen LogP contribution in [0.1, 0.15) is 19.3 Å². The van der Waals surface area contributed by atoms with Crippen LogP contribution >= 0.6 is 0 Å². The topological polar surface area (TPSA) is 20.3 Å². The number of amides is 1. The van der Waals surface area contributed by atoms with E-state index in [1.807, 2.05) is 0 Å². The lowest BCUT2D eigenvalue weighted by atomic mass is 10.1. The number of rotatable bonds is 0. The van der Waals surface area contributed by atoms with Crippen molar-refractivity contribution in [2.75, 3.05) is 13.1 Å². The molecule has 0 saturated carbocycles. The molecule has 1 saturated heterocycles. The molecule has 0 aromatic rings. The molecule has 0 spiro atoms. The van der Waals surface area contributed by atoms with Crippen LogP contribution in [-0.2, 0) is 4.79 Å². The van der Waals surface area contributed by atoms with Crippen LogP contribution in [0.15, 0.2) is 0 Å². The summed E-state index contributed by atoms with van der Waals surface area (Å²) in [5, 5.41) is 0. The number of carbonyl (C=O) groups is 1. The van der Waals surface area contributed by atoms with Gasteiger partial charge in [-0.15, -0.1) is 0 Å². The quantitative estimate of drug-likeness (QED) is 0.585. The Morgan fingerprint density at radius 2 is 1.73 bits per heavy atom. The van der Waals surface area contributed by atoms with Gasteiger partial charge >= 0.3 is 12.1 Å². The molecule has 0 radical (unpaired) electrons. The van der Waals surface area contributed by atoms with E-state index in [4.69, 9.17) is 0 Å². The number of likely N-dealkylation sites (tertiary alicyclic amines) is 1. The van der Waals surface area contributed by atoms with Crippen LogP contribution in [0.3, 0.4) is 0 Å². The molecule has 0 N–H and O–H groups in total. The van der Waals surface area contributed by atoms with Crippen molar-refractivity contribution in [2.45, 2.75) is 31.4 Å². The fourth-order valence-electron chi connectivity index (χ4n) is 1.45. The summed E-state index contributed by atoms with van der Waals surface area (Å²) < 4.78 is 61.5. The van der Waals surface area contributed by atoms with Gasteiger partial charge < -0.3 is 4.90 Å². The fourth-order valence-corrected chi connectivity index (χ4v) is 1.45. The summed E-state index contributed by atoms with van der Waals surface area (Å²) in [6.45, 7) is -0.792. The smallest absolute Gasteiger partial charge is 0.335 e. The van der Waals surface area contributed by atoms with Gasteiger partial charge in [-0.1, -0.05) is 0 Å². The van der Waals surface area contributed by atoms with Crippen molar-refractivity contribution >= 4 is 5.91 Å². The van der Waals surface area contributed by atoms with Crippen molar-refractivity contribution in [2.24, 2.45) is 0 Å². The maximum Gasteiger partial charge on any atom is 0.471 e. The summed E-state index contributed by atoms with van der Waals surface area (Å²) >= 11 is 0. The minimum Gasteiger partial charge on any atom is -0.335 e. The summed E-state index contributed by atoms with van der Waals surface area (Å²) in [7, 11) is 0. The molecule has 0 aliphatic carbocycles. The first kappa shape index (κ1) is 12.2. The van der Waals surface area contributed by atoms with E-state index < -0.39 is 37.4 Å². The van der Waals surface area contributed by atoms with E-state index in [1.165, 1.54) is 0 Å². The van der Waals surface area contributed by atoms with Gasteiger partial charge in [-0.05, 0) is 6.42 Å². The lowest BCUT2D eigenvalue weighted by Crippen LogP contribution is -2.41. The first-order valence-corrected chi connectivity index (χ1v) is 4.46. The number of alkyl halides is 5. The molecule has 1 amide bonds. The molecule has 1 aliphatic rings. The molecule has 0 unspecified atom stereocenters. The van der Waals surface area contributed by atoms with Crippen molar-refractivity contribution in [1.82, 2.24) is 4.90 Å². The van der Waals surface area contributed by atoms with Gasteiger partial charge in [0.2, 0.25) is 5.92 Å². The standard InChI is InChI=1S/C8H10F5NO/c9-7(10)2-1-4-14(5-3-7)6(15)8(11,12)13/h1-5H2. The molecule has 1 aliphatic heterocycles. The lowest BCUT2D eigenvalue weighted by molar-refractivity contribution is -0.185. The number of carbonyl (C=O) groups excluding carboxylic acids is 1. The molecule has 1 heterocycles. The van der Waals surface area contributed by atoms with Crippen LogP contribution in [0.5, 0.6) is 0 Å². The van der Waals surface area contributed by atoms with Gasteiger partial charge in [-0.3, -0.25) is 4.79 Å². The first-order chi connectivity index (χ1) is 6.72. The van der Waals surface area contributed by atoms with Crippen LogP contribution in [-0.4, -0.2) is 36.0 Å². The number of nitrogens with zero attached hydrogens (tertiary/aromatic N) is 1. The molecule has 1 rings (SSSR count). The zero-order valence-electron chi connectivity index (χ0n) is 7.78. The SMILES string of the molecule is O=C(N1CCCC(F)(F)CC1)C(F)(F)F. The van der Waals surface area contributed by atoms with Crippen molar-refractivity contribution in [3.8, 4) is 0 Å². The van der Waals surface area contributed by atoms with Crippen LogP contribution in [0, 0.1) is 0 Å². The molecule has 7 heteroatoms. The minimum atomic E-state index is -4.97. The largest absolute Gasteiger partial charge is 0.471 e. The highest BCUT2D eigenvalue weighted by Gasteiger charge is 2.44. The lowest BCUT2D eigenvalue weighted by Gasteiger charge is -2.21. The summed E-state index contributed by atoms with van der Waals surface area (Å²) in [5.74, 6) is -4.99. The van der Waals surface area contributed by atoms with Crippen LogP contribution in [0.2, 0.25) is 0 Å². The average molecular weight is 231 g/mol. The highest BCUT2D eigenvalue weighted by atomic mass is 19.4. The van der Waals surface area contributed by atoms with E-state index in [0.29, 0.717) is 4.90 Å². The Morgan fingerprint density at radius 1 is 1.13 bits per heavy atom. The van der Waals surface area contributed by atoms with E-state index in [0.717, 1.165) is 0 Å². The molecule has 0 aromatic carbocycles. The second-order valence-corrected chi connectivity index (χ2v) is 3.50. The van der Waals surface area contributed by atoms with E-state index in [-0.39, 0.29) is 13.0 Å². The number of hydrogen-bond donors (Lipinski definition) is 0. The minimum absolute atomic E-state index is 0.102. The summed E-state index contributed by atoms with van der Waals surface area (Å²) in [6.07, 6.45) is -6.24. The van der Waals surface area contributed by atoms with Gasteiger partial charge in [-0.2, -0.15) is 13.2 Å². The Balaban J connectivity index is 2.62. The molecular weight excluding hydrogens is 221 g/mol. The van der Waals surface area contributed by atoms with E-state index >= 15 is 0 Å². The average Bonchev–Trinajstić information content (AvgIpc) is 2.23. The monoisotopic (exact) mass is 231 g/mol. The molecule has 0 atom stereocenters. The maximum absolute atomic E-state index is 12.8. The van der Waals surface area contributed by atoms with Gasteiger partial charge in [-0.25, -0.2) is 8.78 Å². The van der Waals surface area contributed by atoms with Gasteiger partial charge in [0.25, 0.3) is 0 Å². The normalized spacial score (nSPS) is 22.3. The third kappa shape index (κ3) is 3.32. The second kappa shape index (κ2) is 3.94. The van der Waals surface area contributed by atoms with Gasteiger partial charge in [0.1, 0.15) is 0 Å². The summed E-state index contributed by atoms with van der Waals surface area (Å²) in [5.41, 5.74) is 0. The molecule has 0 bridgehead atoms. The zero-order valence-corrected chi connectivity index (χ0v) is 7.78.